The molecule has 4 nitrogen and oxygen atoms in total. The zero-order valence-electron chi connectivity index (χ0n) is 14.3. The quantitative estimate of drug-likeness (QED) is 0.763. The third-order valence-corrected chi connectivity index (χ3v) is 5.96. The van der Waals surface area contributed by atoms with E-state index in [1.54, 1.807) is 0 Å². The maximum absolute atomic E-state index is 10.2. The zero-order valence-corrected chi connectivity index (χ0v) is 14.3. The van der Waals surface area contributed by atoms with Gasteiger partial charge in [0.2, 0.25) is 0 Å². The lowest BCUT2D eigenvalue weighted by Gasteiger charge is -2.56. The molecule has 4 aliphatic rings. The molecule has 1 N–H and O–H groups in total. The Balaban J connectivity index is 1.37. The fraction of sp³-hybridized carbons (Fsp3) is 0.889. The normalized spacial score (nSPS) is 35.6. The number of ether oxygens (including phenoxy) is 2. The van der Waals surface area contributed by atoms with Gasteiger partial charge in [-0.25, -0.2) is 0 Å². The largest absolute Gasteiger partial charge is 0.389 e. The molecule has 3 aliphatic carbocycles. The lowest BCUT2D eigenvalue weighted by Crippen LogP contribution is -2.49. The Labute approximate surface area is 134 Å². The summed E-state index contributed by atoms with van der Waals surface area (Å²) in [5, 5.41) is 10.2. The van der Waals surface area contributed by atoms with Crippen LogP contribution in [0.4, 0.5) is 0 Å². The van der Waals surface area contributed by atoms with Crippen LogP contribution in [0.15, 0.2) is 11.6 Å². The van der Waals surface area contributed by atoms with Crippen molar-refractivity contribution in [1.82, 2.24) is 4.90 Å². The lowest BCUT2D eigenvalue weighted by atomic mass is 9.49. The van der Waals surface area contributed by atoms with Gasteiger partial charge in [-0.2, -0.15) is 0 Å². The predicted octanol–water partition coefficient (Wildman–Crippen LogP) is 2.08. The van der Waals surface area contributed by atoms with E-state index in [2.05, 4.69) is 31.7 Å². The van der Waals surface area contributed by atoms with Crippen molar-refractivity contribution in [2.45, 2.75) is 45.8 Å². The summed E-state index contributed by atoms with van der Waals surface area (Å²) in [6.07, 6.45) is 4.77. The smallest absolute Gasteiger partial charge is 0.0900 e. The van der Waals surface area contributed by atoms with E-state index in [0.29, 0.717) is 31.1 Å². The topological polar surface area (TPSA) is 41.9 Å². The van der Waals surface area contributed by atoms with E-state index in [0.717, 1.165) is 25.6 Å². The second-order valence-corrected chi connectivity index (χ2v) is 7.93. The summed E-state index contributed by atoms with van der Waals surface area (Å²) in [5.74, 6) is 1.57. The number of hydrogen-bond donors (Lipinski definition) is 1. The highest BCUT2D eigenvalue weighted by Crippen LogP contribution is 2.59. The molecule has 4 rings (SSSR count). The standard InChI is InChI=1S/C18H31NO3/c1-13-9-19(6-7-22-13)10-16(20)12-21-11-14-4-5-15-8-17(14)18(15,2)3/h4,13,15-17,20H,5-12H2,1-3H3. The number of fused-ring (bicyclic) bond motifs is 1. The van der Waals surface area contributed by atoms with Crippen LogP contribution in [0.3, 0.4) is 0 Å². The van der Waals surface area contributed by atoms with Gasteiger partial charge in [-0.1, -0.05) is 19.9 Å². The third kappa shape index (κ3) is 3.40. The lowest BCUT2D eigenvalue weighted by molar-refractivity contribution is -0.0475. The van der Waals surface area contributed by atoms with Gasteiger partial charge in [0.05, 0.1) is 32.0 Å². The van der Waals surface area contributed by atoms with Gasteiger partial charge >= 0.3 is 0 Å². The first-order valence-corrected chi connectivity index (χ1v) is 8.75. The molecule has 1 aliphatic heterocycles. The van der Waals surface area contributed by atoms with Gasteiger partial charge in [0.25, 0.3) is 0 Å². The van der Waals surface area contributed by atoms with Gasteiger partial charge in [0, 0.05) is 19.6 Å². The molecule has 0 aromatic heterocycles. The number of aliphatic hydroxyl groups is 1. The molecule has 126 valence electrons. The van der Waals surface area contributed by atoms with E-state index in [1.807, 2.05) is 0 Å². The molecule has 4 heteroatoms. The molecule has 4 unspecified atom stereocenters. The Hall–Kier alpha value is -0.420. The van der Waals surface area contributed by atoms with Crippen LogP contribution in [-0.2, 0) is 9.47 Å². The molecular weight excluding hydrogens is 278 g/mol. The van der Waals surface area contributed by atoms with E-state index >= 15 is 0 Å². The monoisotopic (exact) mass is 309 g/mol. The number of β-amino-alcohol motifs (C(OH)–C–C–N with tert-alkyl or cyclic N) is 1. The van der Waals surface area contributed by atoms with Crippen LogP contribution in [0.25, 0.3) is 0 Å². The van der Waals surface area contributed by atoms with Crippen molar-refractivity contribution >= 4 is 0 Å². The van der Waals surface area contributed by atoms with Gasteiger partial charge in [0.1, 0.15) is 0 Å². The van der Waals surface area contributed by atoms with Gasteiger partial charge in [-0.3, -0.25) is 4.90 Å². The number of nitrogens with zero attached hydrogens (tertiary/aromatic N) is 1. The van der Waals surface area contributed by atoms with Crippen molar-refractivity contribution in [2.75, 3.05) is 39.5 Å². The number of hydrogen-bond acceptors (Lipinski definition) is 4. The highest BCUT2D eigenvalue weighted by atomic mass is 16.5. The molecule has 0 spiro atoms. The van der Waals surface area contributed by atoms with Crippen LogP contribution in [0.2, 0.25) is 0 Å². The molecule has 1 saturated carbocycles. The number of allylic oxidation sites excluding steroid dienone is 1. The van der Waals surface area contributed by atoms with Crippen LogP contribution >= 0.6 is 0 Å². The average Bonchev–Trinajstić information content (AvgIpc) is 2.47. The Kier molecular flexibility index (Phi) is 4.93. The molecule has 0 aromatic rings. The second-order valence-electron chi connectivity index (χ2n) is 7.93. The highest BCUT2D eigenvalue weighted by molar-refractivity contribution is 5.23. The summed E-state index contributed by atoms with van der Waals surface area (Å²) in [6, 6.07) is 0. The molecule has 0 radical (unpaired) electrons. The van der Waals surface area contributed by atoms with Crippen molar-refractivity contribution in [1.29, 1.82) is 0 Å². The number of morpholine rings is 1. The van der Waals surface area contributed by atoms with Gasteiger partial charge in [0.15, 0.2) is 0 Å². The van der Waals surface area contributed by atoms with E-state index in [-0.39, 0.29) is 6.10 Å². The van der Waals surface area contributed by atoms with E-state index < -0.39 is 6.10 Å². The Bertz CT molecular complexity index is 421. The van der Waals surface area contributed by atoms with Crippen molar-refractivity contribution in [3.05, 3.63) is 11.6 Å². The van der Waals surface area contributed by atoms with Crippen LogP contribution in [0, 0.1) is 17.3 Å². The fourth-order valence-electron chi connectivity index (χ4n) is 4.36. The number of aliphatic hydroxyl groups excluding tert-OH is 1. The molecule has 0 amide bonds. The van der Waals surface area contributed by atoms with Crippen LogP contribution in [0.5, 0.6) is 0 Å². The molecule has 1 heterocycles. The molecule has 2 fully saturated rings. The molecule has 0 aromatic carbocycles. The first-order valence-electron chi connectivity index (χ1n) is 8.75. The number of rotatable bonds is 6. The van der Waals surface area contributed by atoms with Crippen molar-refractivity contribution in [3.8, 4) is 0 Å². The van der Waals surface area contributed by atoms with Crippen LogP contribution in [-0.4, -0.2) is 61.7 Å². The van der Waals surface area contributed by atoms with Gasteiger partial charge < -0.3 is 14.6 Å². The van der Waals surface area contributed by atoms with Crippen molar-refractivity contribution < 1.29 is 14.6 Å². The second kappa shape index (κ2) is 6.60. The summed E-state index contributed by atoms with van der Waals surface area (Å²) < 4.78 is 11.3. The first kappa shape index (κ1) is 16.4. The molecular formula is C18H31NO3. The van der Waals surface area contributed by atoms with Crippen LogP contribution in [0.1, 0.15) is 33.6 Å². The van der Waals surface area contributed by atoms with Crippen molar-refractivity contribution in [3.63, 3.8) is 0 Å². The fourth-order valence-corrected chi connectivity index (χ4v) is 4.36. The summed E-state index contributed by atoms with van der Waals surface area (Å²) in [7, 11) is 0. The zero-order chi connectivity index (χ0) is 15.7. The Morgan fingerprint density at radius 2 is 2.32 bits per heavy atom. The third-order valence-electron chi connectivity index (χ3n) is 5.96. The Morgan fingerprint density at radius 1 is 1.50 bits per heavy atom. The minimum Gasteiger partial charge on any atom is -0.389 e. The highest BCUT2D eigenvalue weighted by Gasteiger charge is 2.50. The van der Waals surface area contributed by atoms with Crippen LogP contribution < -0.4 is 0 Å². The van der Waals surface area contributed by atoms with E-state index in [4.69, 9.17) is 9.47 Å². The van der Waals surface area contributed by atoms with Gasteiger partial charge in [-0.05, 0) is 42.6 Å². The maximum Gasteiger partial charge on any atom is 0.0900 e. The predicted molar refractivity (Wildman–Crippen MR) is 86.8 cm³/mol. The molecule has 22 heavy (non-hydrogen) atoms. The summed E-state index contributed by atoms with van der Waals surface area (Å²) >= 11 is 0. The van der Waals surface area contributed by atoms with E-state index in [9.17, 15) is 5.11 Å². The molecule has 2 bridgehead atoms. The minimum atomic E-state index is -0.406. The summed E-state index contributed by atoms with van der Waals surface area (Å²) in [6.45, 7) is 11.2. The van der Waals surface area contributed by atoms with Crippen molar-refractivity contribution in [2.24, 2.45) is 17.3 Å². The van der Waals surface area contributed by atoms with E-state index in [1.165, 1.54) is 18.4 Å². The minimum absolute atomic E-state index is 0.267. The molecule has 4 atom stereocenters. The molecule has 1 saturated heterocycles. The summed E-state index contributed by atoms with van der Waals surface area (Å²) in [4.78, 5) is 2.27. The maximum atomic E-state index is 10.2. The summed E-state index contributed by atoms with van der Waals surface area (Å²) in [5.41, 5.74) is 1.91. The first-order chi connectivity index (χ1) is 10.5. The Morgan fingerprint density at radius 3 is 3.00 bits per heavy atom. The SMILES string of the molecule is CC1CN(CC(O)COCC2=CCC3CC2C3(C)C)CCO1. The average molecular weight is 309 g/mol. The van der Waals surface area contributed by atoms with Gasteiger partial charge in [-0.15, -0.1) is 0 Å².